The van der Waals surface area contributed by atoms with E-state index in [9.17, 15) is 4.79 Å². The first kappa shape index (κ1) is 10.3. The van der Waals surface area contributed by atoms with Crippen LogP contribution < -0.4 is 4.74 Å². The van der Waals surface area contributed by atoms with Crippen LogP contribution in [0.3, 0.4) is 0 Å². The molecule has 76 valence electrons. The maximum absolute atomic E-state index is 10.6. The second-order valence-electron chi connectivity index (χ2n) is 2.53. The largest absolute Gasteiger partial charge is 0.507 e. The summed E-state index contributed by atoms with van der Waals surface area (Å²) in [6.45, 7) is 0.0316. The van der Waals surface area contributed by atoms with Crippen molar-refractivity contribution in [1.82, 2.24) is 0 Å². The van der Waals surface area contributed by atoms with Crippen LogP contribution in [-0.4, -0.2) is 30.1 Å². The molecule has 0 aliphatic rings. The Kier molecular flexibility index (Phi) is 3.30. The molecule has 0 unspecified atom stereocenters. The molecule has 2 N–H and O–H groups in total. The van der Waals surface area contributed by atoms with Gasteiger partial charge in [0.15, 0.2) is 6.79 Å². The van der Waals surface area contributed by atoms with Crippen molar-refractivity contribution in [1.29, 1.82) is 0 Å². The Hall–Kier alpha value is -1.75. The summed E-state index contributed by atoms with van der Waals surface area (Å²) >= 11 is 0. The van der Waals surface area contributed by atoms with Crippen LogP contribution in [0.2, 0.25) is 0 Å². The monoisotopic (exact) mass is 198 g/mol. The molecule has 0 atom stereocenters. The predicted octanol–water partition coefficient (Wildman–Crippen LogP) is 1.07. The number of carboxylic acid groups (broad SMARTS) is 1. The molecule has 0 spiro atoms. The molecule has 0 aliphatic heterocycles. The van der Waals surface area contributed by atoms with Crippen LogP contribution in [0.25, 0.3) is 0 Å². The van der Waals surface area contributed by atoms with Gasteiger partial charge in [-0.1, -0.05) is 0 Å². The minimum atomic E-state index is -1.20. The van der Waals surface area contributed by atoms with Gasteiger partial charge >= 0.3 is 5.97 Å². The number of hydrogen-bond acceptors (Lipinski definition) is 4. The summed E-state index contributed by atoms with van der Waals surface area (Å²) in [5.74, 6) is -1.16. The van der Waals surface area contributed by atoms with E-state index in [4.69, 9.17) is 14.9 Å². The van der Waals surface area contributed by atoms with Gasteiger partial charge in [0.1, 0.15) is 17.1 Å². The van der Waals surface area contributed by atoms with Crippen molar-refractivity contribution in [2.45, 2.75) is 0 Å². The lowest BCUT2D eigenvalue weighted by molar-refractivity contribution is 0.0506. The zero-order valence-electron chi connectivity index (χ0n) is 7.56. The predicted molar refractivity (Wildman–Crippen MR) is 47.6 cm³/mol. The van der Waals surface area contributed by atoms with E-state index >= 15 is 0 Å². The highest BCUT2D eigenvalue weighted by atomic mass is 16.7. The molecule has 0 saturated carbocycles. The van der Waals surface area contributed by atoms with Gasteiger partial charge in [-0.3, -0.25) is 0 Å². The van der Waals surface area contributed by atoms with Gasteiger partial charge in [-0.2, -0.15) is 0 Å². The zero-order valence-corrected chi connectivity index (χ0v) is 7.56. The summed E-state index contributed by atoms with van der Waals surface area (Å²) < 4.78 is 9.65. The van der Waals surface area contributed by atoms with Crippen molar-refractivity contribution < 1.29 is 24.5 Å². The highest BCUT2D eigenvalue weighted by Crippen LogP contribution is 2.22. The van der Waals surface area contributed by atoms with Crippen LogP contribution in [0.1, 0.15) is 10.4 Å². The number of ether oxygens (including phenoxy) is 2. The molecule has 1 aromatic rings. The summed E-state index contributed by atoms with van der Waals surface area (Å²) in [7, 11) is 1.46. The molecule has 1 aromatic carbocycles. The molecule has 0 aromatic heterocycles. The number of carboxylic acids is 1. The summed E-state index contributed by atoms with van der Waals surface area (Å²) in [5, 5.41) is 17.8. The molecule has 0 fully saturated rings. The van der Waals surface area contributed by atoms with Crippen molar-refractivity contribution >= 4 is 5.97 Å². The summed E-state index contributed by atoms with van der Waals surface area (Å²) in [5.41, 5.74) is -0.196. The van der Waals surface area contributed by atoms with Crippen molar-refractivity contribution in [3.05, 3.63) is 23.8 Å². The minimum absolute atomic E-state index is 0.0316. The fourth-order valence-electron chi connectivity index (χ4n) is 0.903. The number of benzene rings is 1. The Balaban J connectivity index is 2.89. The number of aromatic carboxylic acids is 1. The Morgan fingerprint density at radius 3 is 2.79 bits per heavy atom. The number of hydrogen-bond donors (Lipinski definition) is 2. The van der Waals surface area contributed by atoms with E-state index in [1.165, 1.54) is 25.3 Å². The number of phenols is 1. The highest BCUT2D eigenvalue weighted by Gasteiger charge is 2.10. The van der Waals surface area contributed by atoms with Crippen LogP contribution in [0.4, 0.5) is 0 Å². The second-order valence-corrected chi connectivity index (χ2v) is 2.53. The molecule has 0 saturated heterocycles. The smallest absolute Gasteiger partial charge is 0.339 e. The molecule has 0 amide bonds. The van der Waals surface area contributed by atoms with Crippen LogP contribution in [0.5, 0.6) is 11.5 Å². The topological polar surface area (TPSA) is 76.0 Å². The molecule has 5 nitrogen and oxygen atoms in total. The van der Waals surface area contributed by atoms with Crippen molar-refractivity contribution in [3.63, 3.8) is 0 Å². The molecule has 0 heterocycles. The van der Waals surface area contributed by atoms with E-state index in [0.29, 0.717) is 5.75 Å². The molecule has 1 rings (SSSR count). The second kappa shape index (κ2) is 4.48. The van der Waals surface area contributed by atoms with Gasteiger partial charge in [0.2, 0.25) is 0 Å². The fourth-order valence-corrected chi connectivity index (χ4v) is 0.903. The van der Waals surface area contributed by atoms with Gasteiger partial charge in [0, 0.05) is 7.11 Å². The van der Waals surface area contributed by atoms with Gasteiger partial charge < -0.3 is 19.7 Å². The van der Waals surface area contributed by atoms with E-state index in [0.717, 1.165) is 0 Å². The van der Waals surface area contributed by atoms with Gasteiger partial charge in [-0.05, 0) is 18.2 Å². The van der Waals surface area contributed by atoms with Crippen molar-refractivity contribution in [2.24, 2.45) is 0 Å². The Bertz CT molecular complexity index is 334. The van der Waals surface area contributed by atoms with Gasteiger partial charge in [0.05, 0.1) is 0 Å². The lowest BCUT2D eigenvalue weighted by Crippen LogP contribution is -2.01. The molecule has 0 radical (unpaired) electrons. The number of methoxy groups -OCH3 is 1. The third kappa shape index (κ3) is 2.37. The maximum atomic E-state index is 10.6. The van der Waals surface area contributed by atoms with Gasteiger partial charge in [0.25, 0.3) is 0 Å². The lowest BCUT2D eigenvalue weighted by Gasteiger charge is -2.06. The Morgan fingerprint density at radius 2 is 2.21 bits per heavy atom. The summed E-state index contributed by atoms with van der Waals surface area (Å²) in [6.07, 6.45) is 0. The number of rotatable bonds is 4. The van der Waals surface area contributed by atoms with Crippen molar-refractivity contribution in [2.75, 3.05) is 13.9 Å². The van der Waals surface area contributed by atoms with Crippen LogP contribution in [0, 0.1) is 0 Å². The van der Waals surface area contributed by atoms with Crippen molar-refractivity contribution in [3.8, 4) is 11.5 Å². The molecule has 0 aliphatic carbocycles. The van der Waals surface area contributed by atoms with Gasteiger partial charge in [-0.25, -0.2) is 4.79 Å². The zero-order chi connectivity index (χ0) is 10.6. The number of carbonyl (C=O) groups is 1. The van der Waals surface area contributed by atoms with Crippen LogP contribution in [-0.2, 0) is 4.74 Å². The average molecular weight is 198 g/mol. The maximum Gasteiger partial charge on any atom is 0.339 e. The minimum Gasteiger partial charge on any atom is -0.507 e. The molecule has 5 heteroatoms. The highest BCUT2D eigenvalue weighted by molar-refractivity contribution is 5.91. The van der Waals surface area contributed by atoms with Crippen LogP contribution in [0.15, 0.2) is 18.2 Å². The van der Waals surface area contributed by atoms with E-state index < -0.39 is 5.97 Å². The first-order valence-corrected chi connectivity index (χ1v) is 3.83. The van der Waals surface area contributed by atoms with Crippen LogP contribution >= 0.6 is 0 Å². The normalized spacial score (nSPS) is 9.79. The summed E-state index contributed by atoms with van der Waals surface area (Å²) in [6, 6.07) is 3.95. The first-order valence-electron chi connectivity index (χ1n) is 3.83. The van der Waals surface area contributed by atoms with E-state index in [1.54, 1.807) is 0 Å². The van der Waals surface area contributed by atoms with E-state index in [2.05, 4.69) is 4.74 Å². The molecular weight excluding hydrogens is 188 g/mol. The molecule has 0 bridgehead atoms. The van der Waals surface area contributed by atoms with Gasteiger partial charge in [-0.15, -0.1) is 0 Å². The van der Waals surface area contributed by atoms with E-state index in [-0.39, 0.29) is 18.1 Å². The summed E-state index contributed by atoms with van der Waals surface area (Å²) in [4.78, 5) is 10.6. The Morgan fingerprint density at radius 1 is 1.50 bits per heavy atom. The quantitative estimate of drug-likeness (QED) is 0.708. The number of aromatic hydroxyl groups is 1. The fraction of sp³-hybridized carbons (Fsp3) is 0.222. The Labute approximate surface area is 80.5 Å². The molecular formula is C9H10O5. The average Bonchev–Trinajstić information content (AvgIpc) is 2.16. The molecule has 14 heavy (non-hydrogen) atoms. The lowest BCUT2D eigenvalue weighted by atomic mass is 10.2. The third-order valence-corrected chi connectivity index (χ3v) is 1.54. The van der Waals surface area contributed by atoms with E-state index in [1.807, 2.05) is 0 Å². The first-order chi connectivity index (χ1) is 6.65. The standard InChI is InChI=1S/C9H10O5/c1-13-5-14-6-2-3-8(10)7(4-6)9(11)12/h2-4,10H,5H2,1H3,(H,11,12). The SMILES string of the molecule is COCOc1ccc(O)c(C(=O)O)c1. The third-order valence-electron chi connectivity index (χ3n) is 1.54.